The zero-order chi connectivity index (χ0) is 13.2. The lowest BCUT2D eigenvalue weighted by atomic mass is 10.00. The summed E-state index contributed by atoms with van der Waals surface area (Å²) in [5, 5.41) is 10.6. The van der Waals surface area contributed by atoms with Crippen molar-refractivity contribution in [3.8, 4) is 0 Å². The van der Waals surface area contributed by atoms with Gasteiger partial charge in [-0.05, 0) is 26.3 Å². The lowest BCUT2D eigenvalue weighted by Gasteiger charge is -2.35. The first-order chi connectivity index (χ1) is 7.79. The molecule has 1 aromatic heterocycles. The Labute approximate surface area is 101 Å². The molecule has 0 atom stereocenters. The number of nitrogens with zero attached hydrogens (tertiary/aromatic N) is 3. The normalized spacial score (nSPS) is 11.3. The van der Waals surface area contributed by atoms with Crippen LogP contribution in [0.15, 0.2) is 12.1 Å². The molecule has 0 saturated heterocycles. The SMILES string of the molecule is CCC(C)(C)N(C)c1ccc([N+](=O)[O-])c(N)n1. The van der Waals surface area contributed by atoms with Gasteiger partial charge >= 0.3 is 5.69 Å². The molecule has 0 bridgehead atoms. The van der Waals surface area contributed by atoms with Crippen LogP contribution in [0.5, 0.6) is 0 Å². The van der Waals surface area contributed by atoms with Gasteiger partial charge in [-0.2, -0.15) is 0 Å². The van der Waals surface area contributed by atoms with E-state index in [0.29, 0.717) is 5.82 Å². The molecule has 0 aliphatic rings. The monoisotopic (exact) mass is 238 g/mol. The largest absolute Gasteiger partial charge is 0.378 e. The van der Waals surface area contributed by atoms with E-state index in [1.165, 1.54) is 6.07 Å². The van der Waals surface area contributed by atoms with Crippen molar-refractivity contribution in [2.24, 2.45) is 0 Å². The van der Waals surface area contributed by atoms with Gasteiger partial charge in [-0.3, -0.25) is 10.1 Å². The van der Waals surface area contributed by atoms with Crippen molar-refractivity contribution in [3.05, 3.63) is 22.2 Å². The molecule has 0 amide bonds. The second-order valence-electron chi connectivity index (χ2n) is 4.56. The first-order valence-electron chi connectivity index (χ1n) is 5.44. The van der Waals surface area contributed by atoms with Crippen LogP contribution in [0, 0.1) is 10.1 Å². The first-order valence-corrected chi connectivity index (χ1v) is 5.44. The highest BCUT2D eigenvalue weighted by atomic mass is 16.6. The van der Waals surface area contributed by atoms with Crippen molar-refractivity contribution in [1.82, 2.24) is 4.98 Å². The Morgan fingerprint density at radius 3 is 2.53 bits per heavy atom. The van der Waals surface area contributed by atoms with Crippen LogP contribution in [0.25, 0.3) is 0 Å². The zero-order valence-electron chi connectivity index (χ0n) is 10.6. The molecule has 1 aromatic rings. The number of nitrogen functional groups attached to an aromatic ring is 1. The summed E-state index contributed by atoms with van der Waals surface area (Å²) in [5.74, 6) is 0.589. The molecule has 0 saturated carbocycles. The summed E-state index contributed by atoms with van der Waals surface area (Å²) in [4.78, 5) is 16.1. The van der Waals surface area contributed by atoms with Crippen LogP contribution in [0.4, 0.5) is 17.3 Å². The van der Waals surface area contributed by atoms with Crippen molar-refractivity contribution in [3.63, 3.8) is 0 Å². The minimum absolute atomic E-state index is 0.0498. The van der Waals surface area contributed by atoms with E-state index in [2.05, 4.69) is 25.8 Å². The molecule has 0 fully saturated rings. The third-order valence-electron chi connectivity index (χ3n) is 3.20. The Balaban J connectivity index is 3.10. The highest BCUT2D eigenvalue weighted by Gasteiger charge is 2.24. The summed E-state index contributed by atoms with van der Waals surface area (Å²) in [6.45, 7) is 6.23. The second kappa shape index (κ2) is 4.57. The van der Waals surface area contributed by atoms with Gasteiger partial charge in [0.25, 0.3) is 0 Å². The predicted octanol–water partition coefficient (Wildman–Crippen LogP) is 2.20. The lowest BCUT2D eigenvalue weighted by Crippen LogP contribution is -2.41. The highest BCUT2D eigenvalue weighted by molar-refractivity contribution is 5.58. The van der Waals surface area contributed by atoms with Crippen molar-refractivity contribution >= 4 is 17.3 Å². The standard InChI is InChI=1S/C11H18N4O2/c1-5-11(2,3)14(4)9-7-6-8(15(16)17)10(12)13-9/h6-7H,5H2,1-4H3,(H2,12,13). The summed E-state index contributed by atoms with van der Waals surface area (Å²) in [6.07, 6.45) is 0.933. The van der Waals surface area contributed by atoms with Gasteiger partial charge < -0.3 is 10.6 Å². The minimum Gasteiger partial charge on any atom is -0.378 e. The van der Waals surface area contributed by atoms with Gasteiger partial charge in [-0.15, -0.1) is 0 Å². The van der Waals surface area contributed by atoms with Crippen LogP contribution >= 0.6 is 0 Å². The van der Waals surface area contributed by atoms with Crippen molar-refractivity contribution in [2.45, 2.75) is 32.7 Å². The van der Waals surface area contributed by atoms with Gasteiger partial charge in [0.05, 0.1) is 4.92 Å². The molecule has 0 spiro atoms. The maximum Gasteiger partial charge on any atom is 0.311 e. The Bertz CT molecular complexity index is 431. The van der Waals surface area contributed by atoms with E-state index in [9.17, 15) is 10.1 Å². The van der Waals surface area contributed by atoms with Gasteiger partial charge in [-0.25, -0.2) is 4.98 Å². The van der Waals surface area contributed by atoms with Gasteiger partial charge in [-0.1, -0.05) is 6.92 Å². The second-order valence-corrected chi connectivity index (χ2v) is 4.56. The number of nitro groups is 1. The zero-order valence-corrected chi connectivity index (χ0v) is 10.6. The molecule has 1 heterocycles. The first kappa shape index (κ1) is 13.2. The van der Waals surface area contributed by atoms with Crippen molar-refractivity contribution in [1.29, 1.82) is 0 Å². The third-order valence-corrected chi connectivity index (χ3v) is 3.20. The van der Waals surface area contributed by atoms with Crippen molar-refractivity contribution in [2.75, 3.05) is 17.7 Å². The highest BCUT2D eigenvalue weighted by Crippen LogP contribution is 2.27. The maximum absolute atomic E-state index is 10.6. The average molecular weight is 238 g/mol. The summed E-state index contributed by atoms with van der Waals surface area (Å²) >= 11 is 0. The van der Waals surface area contributed by atoms with Crippen LogP contribution in [0.2, 0.25) is 0 Å². The van der Waals surface area contributed by atoms with Gasteiger partial charge in [0.2, 0.25) is 5.82 Å². The fraction of sp³-hybridized carbons (Fsp3) is 0.545. The minimum atomic E-state index is -0.531. The average Bonchev–Trinajstić information content (AvgIpc) is 2.27. The van der Waals surface area contributed by atoms with Gasteiger partial charge in [0, 0.05) is 18.7 Å². The number of hydrogen-bond donors (Lipinski definition) is 1. The van der Waals surface area contributed by atoms with Gasteiger partial charge in [0.15, 0.2) is 0 Å². The molecule has 2 N–H and O–H groups in total. The summed E-state index contributed by atoms with van der Waals surface area (Å²) in [6, 6.07) is 3.01. The van der Waals surface area contributed by atoms with E-state index >= 15 is 0 Å². The predicted molar refractivity (Wildman–Crippen MR) is 68.1 cm³/mol. The van der Waals surface area contributed by atoms with Gasteiger partial charge in [0.1, 0.15) is 5.82 Å². The number of rotatable bonds is 4. The molecule has 6 nitrogen and oxygen atoms in total. The van der Waals surface area contributed by atoms with E-state index in [-0.39, 0.29) is 17.0 Å². The summed E-state index contributed by atoms with van der Waals surface area (Å²) in [5.41, 5.74) is 5.34. The number of pyridine rings is 1. The molecule has 1 rings (SSSR count). The smallest absolute Gasteiger partial charge is 0.311 e. The fourth-order valence-corrected chi connectivity index (χ4v) is 1.35. The van der Waals surface area contributed by atoms with E-state index in [1.54, 1.807) is 6.07 Å². The molecular formula is C11H18N4O2. The van der Waals surface area contributed by atoms with E-state index in [4.69, 9.17) is 5.73 Å². The molecule has 0 aliphatic carbocycles. The fourth-order valence-electron chi connectivity index (χ4n) is 1.35. The number of hydrogen-bond acceptors (Lipinski definition) is 5. The molecule has 0 unspecified atom stereocenters. The quantitative estimate of drug-likeness (QED) is 0.642. The maximum atomic E-state index is 10.6. The summed E-state index contributed by atoms with van der Waals surface area (Å²) in [7, 11) is 1.90. The molecule has 17 heavy (non-hydrogen) atoms. The van der Waals surface area contributed by atoms with E-state index < -0.39 is 4.92 Å². The number of nitrogens with two attached hydrogens (primary N) is 1. The summed E-state index contributed by atoms with van der Waals surface area (Å²) < 4.78 is 0. The Morgan fingerprint density at radius 2 is 2.12 bits per heavy atom. The molecular weight excluding hydrogens is 220 g/mol. The molecule has 0 aliphatic heterocycles. The van der Waals surface area contributed by atoms with E-state index in [1.807, 2.05) is 11.9 Å². The lowest BCUT2D eigenvalue weighted by molar-refractivity contribution is -0.384. The molecule has 6 heteroatoms. The third kappa shape index (κ3) is 2.64. The van der Waals surface area contributed by atoms with E-state index in [0.717, 1.165) is 6.42 Å². The number of anilines is 2. The Morgan fingerprint density at radius 1 is 1.53 bits per heavy atom. The van der Waals surface area contributed by atoms with Crippen LogP contribution in [-0.4, -0.2) is 22.5 Å². The van der Waals surface area contributed by atoms with Crippen molar-refractivity contribution < 1.29 is 4.92 Å². The van der Waals surface area contributed by atoms with Crippen LogP contribution in [0.3, 0.4) is 0 Å². The molecule has 94 valence electrons. The van der Waals surface area contributed by atoms with Crippen LogP contribution in [0.1, 0.15) is 27.2 Å². The Hall–Kier alpha value is -1.85. The topological polar surface area (TPSA) is 85.3 Å². The van der Waals surface area contributed by atoms with Crippen LogP contribution < -0.4 is 10.6 Å². The molecule has 0 aromatic carbocycles. The Kier molecular flexibility index (Phi) is 3.55. The van der Waals surface area contributed by atoms with Crippen LogP contribution in [-0.2, 0) is 0 Å². The number of aromatic nitrogens is 1. The molecule has 0 radical (unpaired) electrons.